The van der Waals surface area contributed by atoms with E-state index in [1.54, 1.807) is 7.11 Å². The highest BCUT2D eigenvalue weighted by Gasteiger charge is 2.40. The van der Waals surface area contributed by atoms with Gasteiger partial charge in [0.25, 0.3) is 5.89 Å². The number of ether oxygens (including phenoxy) is 1. The number of hydrogen-bond donors (Lipinski definition) is 1. The number of carboxylic acids is 1. The van der Waals surface area contributed by atoms with Crippen LogP contribution in [0.1, 0.15) is 37.7 Å². The highest BCUT2D eigenvalue weighted by atomic mass is 35.5. The van der Waals surface area contributed by atoms with Gasteiger partial charge in [0.1, 0.15) is 0 Å². The number of benzene rings is 3. The minimum absolute atomic E-state index is 0.415. The van der Waals surface area contributed by atoms with E-state index < -0.39 is 11.4 Å². The fourth-order valence-electron chi connectivity index (χ4n) is 5.40. The number of piperidine rings is 1. The molecule has 3 aromatic carbocycles. The lowest BCUT2D eigenvalue weighted by Crippen LogP contribution is -2.44. The van der Waals surface area contributed by atoms with Crippen LogP contribution in [0.15, 0.2) is 77.3 Å². The number of methoxy groups -OCH3 is 1. The molecular weight excluding hydrogens is 526 g/mol. The van der Waals surface area contributed by atoms with Crippen molar-refractivity contribution in [3.05, 3.63) is 83.4 Å². The van der Waals surface area contributed by atoms with Crippen LogP contribution in [0.3, 0.4) is 0 Å². The quantitative estimate of drug-likeness (QED) is 0.194. The van der Waals surface area contributed by atoms with Crippen molar-refractivity contribution in [1.29, 1.82) is 0 Å². The first-order valence-electron chi connectivity index (χ1n) is 13.7. The molecule has 40 heavy (non-hydrogen) atoms. The van der Waals surface area contributed by atoms with E-state index in [1.165, 1.54) is 5.56 Å². The maximum Gasteiger partial charge on any atom is 0.309 e. The summed E-state index contributed by atoms with van der Waals surface area (Å²) in [6, 6.07) is 23.9. The smallest absolute Gasteiger partial charge is 0.309 e. The van der Waals surface area contributed by atoms with Crippen LogP contribution >= 0.6 is 11.6 Å². The molecule has 1 aromatic heterocycles. The van der Waals surface area contributed by atoms with Gasteiger partial charge in [-0.1, -0.05) is 83.8 Å². The number of hydrogen-bond acceptors (Lipinski definition) is 6. The third-order valence-corrected chi connectivity index (χ3v) is 8.18. The van der Waals surface area contributed by atoms with Gasteiger partial charge in [-0.25, -0.2) is 0 Å². The molecule has 1 aliphatic rings. The summed E-state index contributed by atoms with van der Waals surface area (Å²) in [5.41, 5.74) is 4.18. The lowest BCUT2D eigenvalue weighted by molar-refractivity contribution is -0.152. The number of carbonyl (C=O) groups is 1. The molecule has 0 unspecified atom stereocenters. The van der Waals surface area contributed by atoms with Crippen molar-refractivity contribution in [3.63, 3.8) is 0 Å². The molecule has 1 aliphatic heterocycles. The van der Waals surface area contributed by atoms with Gasteiger partial charge in [-0.05, 0) is 62.0 Å². The first-order valence-corrected chi connectivity index (χ1v) is 14.1. The van der Waals surface area contributed by atoms with Gasteiger partial charge < -0.3 is 14.4 Å². The Kier molecular flexibility index (Phi) is 8.94. The number of rotatable bonds is 11. The molecule has 1 saturated heterocycles. The minimum atomic E-state index is -0.664. The van der Waals surface area contributed by atoms with E-state index in [9.17, 15) is 9.90 Å². The fourth-order valence-corrected chi connectivity index (χ4v) is 5.68. The fraction of sp³-hybridized carbons (Fsp3) is 0.344. The highest BCUT2D eigenvalue weighted by molar-refractivity contribution is 6.33. The molecule has 8 heteroatoms. The van der Waals surface area contributed by atoms with Crippen molar-refractivity contribution in [2.24, 2.45) is 5.41 Å². The average molecular weight is 560 g/mol. The van der Waals surface area contributed by atoms with E-state index in [0.29, 0.717) is 42.6 Å². The number of likely N-dealkylation sites (tertiary alicyclic amines) is 1. The van der Waals surface area contributed by atoms with Crippen LogP contribution in [-0.2, 0) is 16.1 Å². The summed E-state index contributed by atoms with van der Waals surface area (Å²) in [5, 5.41) is 14.7. The molecule has 0 atom stereocenters. The molecule has 2 heterocycles. The second kappa shape index (κ2) is 12.8. The third kappa shape index (κ3) is 6.44. The zero-order valence-corrected chi connectivity index (χ0v) is 23.4. The first-order chi connectivity index (χ1) is 19.5. The predicted octanol–water partition coefficient (Wildman–Crippen LogP) is 7.21. The van der Waals surface area contributed by atoms with Gasteiger partial charge in [0.15, 0.2) is 0 Å². The maximum atomic E-state index is 12.1. The van der Waals surface area contributed by atoms with Gasteiger partial charge in [0, 0.05) is 42.0 Å². The summed E-state index contributed by atoms with van der Waals surface area (Å²) >= 11 is 6.57. The number of halogens is 1. The van der Waals surface area contributed by atoms with Crippen LogP contribution in [0.25, 0.3) is 34.0 Å². The summed E-state index contributed by atoms with van der Waals surface area (Å²) in [5.74, 6) is 0.267. The Morgan fingerprint density at radius 3 is 2.40 bits per heavy atom. The van der Waals surface area contributed by atoms with Crippen LogP contribution in [-0.4, -0.2) is 52.9 Å². The van der Waals surface area contributed by atoms with Gasteiger partial charge in [0.05, 0.1) is 5.41 Å². The molecule has 208 valence electrons. The minimum Gasteiger partial charge on any atom is -0.481 e. The van der Waals surface area contributed by atoms with Crippen molar-refractivity contribution < 1.29 is 19.2 Å². The number of nitrogens with zero attached hydrogens (tertiary/aromatic N) is 3. The Hall–Kier alpha value is -3.52. The first kappa shape index (κ1) is 28.0. The zero-order chi connectivity index (χ0) is 28.0. The molecule has 0 aliphatic carbocycles. The van der Waals surface area contributed by atoms with Crippen molar-refractivity contribution in [2.75, 3.05) is 26.8 Å². The highest BCUT2D eigenvalue weighted by Crippen LogP contribution is 2.37. The third-order valence-electron chi connectivity index (χ3n) is 7.87. The molecule has 0 radical (unpaired) electrons. The van der Waals surface area contributed by atoms with Crippen molar-refractivity contribution in [3.8, 4) is 34.0 Å². The molecule has 0 spiro atoms. The van der Waals surface area contributed by atoms with Crippen LogP contribution in [0.2, 0.25) is 5.02 Å². The van der Waals surface area contributed by atoms with Crippen molar-refractivity contribution in [1.82, 2.24) is 15.0 Å². The second-order valence-corrected chi connectivity index (χ2v) is 10.9. The molecule has 7 nitrogen and oxygen atoms in total. The molecule has 0 amide bonds. The summed E-state index contributed by atoms with van der Waals surface area (Å²) in [6.45, 7) is 3.01. The van der Waals surface area contributed by atoms with E-state index in [1.807, 2.05) is 60.7 Å². The van der Waals surface area contributed by atoms with E-state index in [2.05, 4.69) is 27.2 Å². The number of aliphatic carboxylic acids is 1. The number of aromatic nitrogens is 2. The number of carboxylic acid groups (broad SMARTS) is 1. The second-order valence-electron chi connectivity index (χ2n) is 10.5. The van der Waals surface area contributed by atoms with Gasteiger partial charge in [0.2, 0.25) is 5.82 Å². The standard InChI is InChI=1S/C32H34ClN3O4/c1-39-20-6-5-15-32(31(37)38)16-18-36(19-17-32)22-23-9-11-25(12-10-23)29-34-30(40-35-29)26-13-14-27(28(33)21-26)24-7-3-2-4-8-24/h2-4,7-14,21H,5-6,15-20,22H2,1H3,(H,37,38). The molecule has 1 fully saturated rings. The molecular formula is C32H34ClN3O4. The Labute approximate surface area is 239 Å². The Balaban J connectivity index is 1.19. The van der Waals surface area contributed by atoms with E-state index in [4.69, 9.17) is 20.9 Å². The molecule has 0 bridgehead atoms. The summed E-state index contributed by atoms with van der Waals surface area (Å²) in [4.78, 5) is 19.0. The molecule has 1 N–H and O–H groups in total. The van der Waals surface area contributed by atoms with Gasteiger partial charge in [-0.15, -0.1) is 0 Å². The van der Waals surface area contributed by atoms with Crippen LogP contribution in [0, 0.1) is 5.41 Å². The van der Waals surface area contributed by atoms with Crippen LogP contribution in [0.5, 0.6) is 0 Å². The van der Waals surface area contributed by atoms with Gasteiger partial charge in [-0.3, -0.25) is 9.69 Å². The van der Waals surface area contributed by atoms with Gasteiger partial charge in [-0.2, -0.15) is 4.98 Å². The molecule has 0 saturated carbocycles. The Bertz CT molecular complexity index is 1410. The normalized spacial score (nSPS) is 15.2. The number of unbranched alkanes of at least 4 members (excludes halogenated alkanes) is 1. The van der Waals surface area contributed by atoms with Crippen LogP contribution < -0.4 is 0 Å². The van der Waals surface area contributed by atoms with Crippen molar-refractivity contribution in [2.45, 2.75) is 38.6 Å². The van der Waals surface area contributed by atoms with Crippen molar-refractivity contribution >= 4 is 17.6 Å². The maximum absolute atomic E-state index is 12.1. The predicted molar refractivity (Wildman–Crippen MR) is 156 cm³/mol. The van der Waals surface area contributed by atoms with E-state index >= 15 is 0 Å². The topological polar surface area (TPSA) is 88.7 Å². The average Bonchev–Trinajstić information content (AvgIpc) is 3.47. The summed E-state index contributed by atoms with van der Waals surface area (Å²) in [7, 11) is 1.68. The largest absolute Gasteiger partial charge is 0.481 e. The Morgan fingerprint density at radius 2 is 1.73 bits per heavy atom. The zero-order valence-electron chi connectivity index (χ0n) is 22.7. The van der Waals surface area contributed by atoms with Crippen LogP contribution in [0.4, 0.5) is 0 Å². The lowest BCUT2D eigenvalue weighted by Gasteiger charge is -2.39. The monoisotopic (exact) mass is 559 g/mol. The SMILES string of the molecule is COCCCCC1(C(=O)O)CCN(Cc2ccc(-c3noc(-c4ccc(-c5ccccc5)c(Cl)c4)n3)cc2)CC1. The molecule has 5 rings (SSSR count). The summed E-state index contributed by atoms with van der Waals surface area (Å²) < 4.78 is 10.7. The van der Waals surface area contributed by atoms with E-state index in [0.717, 1.165) is 54.7 Å². The Morgan fingerprint density at radius 1 is 1.00 bits per heavy atom. The van der Waals surface area contributed by atoms with Gasteiger partial charge >= 0.3 is 5.97 Å². The molecule has 4 aromatic rings. The van der Waals surface area contributed by atoms with E-state index in [-0.39, 0.29) is 0 Å². The summed E-state index contributed by atoms with van der Waals surface area (Å²) in [6.07, 6.45) is 3.85. The lowest BCUT2D eigenvalue weighted by atomic mass is 9.74.